The predicted molar refractivity (Wildman–Crippen MR) is 348 cm³/mol. The van der Waals surface area contributed by atoms with E-state index >= 15 is 0 Å². The van der Waals surface area contributed by atoms with Crippen molar-refractivity contribution in [2.75, 3.05) is 13.2 Å². The lowest BCUT2D eigenvalue weighted by Crippen LogP contribution is -2.30. The first-order chi connectivity index (χ1) is 39.5. The van der Waals surface area contributed by atoms with Gasteiger partial charge in [-0.15, -0.1) is 0 Å². The molecule has 0 aromatic rings. The maximum absolute atomic E-state index is 12.9. The molecule has 6 nitrogen and oxygen atoms in total. The molecule has 0 fully saturated rings. The van der Waals surface area contributed by atoms with Crippen LogP contribution in [0.3, 0.4) is 0 Å². The summed E-state index contributed by atoms with van der Waals surface area (Å²) in [5, 5.41) is 0. The van der Waals surface area contributed by atoms with Gasteiger partial charge >= 0.3 is 17.9 Å². The van der Waals surface area contributed by atoms with E-state index in [0.29, 0.717) is 19.3 Å². The van der Waals surface area contributed by atoms with Gasteiger partial charge in [-0.25, -0.2) is 0 Å². The van der Waals surface area contributed by atoms with Gasteiger partial charge in [-0.3, -0.25) is 14.4 Å². The highest BCUT2D eigenvalue weighted by atomic mass is 16.6. The minimum absolute atomic E-state index is 0.0738. The number of allylic oxidation sites excluding steroid dienone is 14. The summed E-state index contributed by atoms with van der Waals surface area (Å²) in [4.78, 5) is 38.2. The van der Waals surface area contributed by atoms with Gasteiger partial charge in [-0.05, 0) is 77.0 Å². The Bertz CT molecular complexity index is 1520. The quantitative estimate of drug-likeness (QED) is 0.0261. The van der Waals surface area contributed by atoms with Gasteiger partial charge in [0.2, 0.25) is 0 Å². The third-order valence-corrected chi connectivity index (χ3v) is 15.2. The maximum Gasteiger partial charge on any atom is 0.306 e. The second-order valence-corrected chi connectivity index (χ2v) is 23.1. The smallest absolute Gasteiger partial charge is 0.306 e. The van der Waals surface area contributed by atoms with Crippen molar-refractivity contribution in [3.8, 4) is 0 Å². The molecule has 1 unspecified atom stereocenters. The zero-order valence-corrected chi connectivity index (χ0v) is 53.1. The van der Waals surface area contributed by atoms with Crippen LogP contribution in [0.4, 0.5) is 0 Å². The lowest BCUT2D eigenvalue weighted by atomic mass is 10.0. The first kappa shape index (κ1) is 76.6. The van der Waals surface area contributed by atoms with E-state index in [1.54, 1.807) is 0 Å². The third-order valence-electron chi connectivity index (χ3n) is 15.2. The van der Waals surface area contributed by atoms with Crippen LogP contribution < -0.4 is 0 Å². The molecule has 0 N–H and O–H groups in total. The van der Waals surface area contributed by atoms with Crippen molar-refractivity contribution in [3.63, 3.8) is 0 Å². The monoisotopic (exact) mass is 1110 g/mol. The Morgan fingerprint density at radius 1 is 0.263 bits per heavy atom. The number of esters is 3. The Labute approximate surface area is 496 Å². The number of carbonyl (C=O) groups is 3. The van der Waals surface area contributed by atoms with Crippen molar-refractivity contribution < 1.29 is 28.6 Å². The van der Waals surface area contributed by atoms with Gasteiger partial charge in [0.15, 0.2) is 6.10 Å². The summed E-state index contributed by atoms with van der Waals surface area (Å²) in [6.07, 6.45) is 90.6. The van der Waals surface area contributed by atoms with Gasteiger partial charge in [0, 0.05) is 19.3 Å². The summed E-state index contributed by atoms with van der Waals surface area (Å²) < 4.78 is 16.9. The van der Waals surface area contributed by atoms with Gasteiger partial charge in [-0.2, -0.15) is 0 Å². The van der Waals surface area contributed by atoms with Crippen molar-refractivity contribution in [3.05, 3.63) is 85.1 Å². The zero-order chi connectivity index (χ0) is 57.8. The van der Waals surface area contributed by atoms with E-state index in [1.165, 1.54) is 199 Å². The van der Waals surface area contributed by atoms with Crippen LogP contribution in [0.15, 0.2) is 85.1 Å². The number of carbonyl (C=O) groups excluding carboxylic acids is 3. The molecule has 462 valence electrons. The van der Waals surface area contributed by atoms with Crippen LogP contribution in [0.1, 0.15) is 348 Å². The summed E-state index contributed by atoms with van der Waals surface area (Å²) in [6, 6.07) is 0. The number of ether oxygens (including phenoxy) is 3. The summed E-state index contributed by atoms with van der Waals surface area (Å²) in [7, 11) is 0. The van der Waals surface area contributed by atoms with Gasteiger partial charge in [-0.1, -0.05) is 337 Å². The molecule has 0 rings (SSSR count). The van der Waals surface area contributed by atoms with Gasteiger partial charge < -0.3 is 14.2 Å². The molecule has 80 heavy (non-hydrogen) atoms. The first-order valence-electron chi connectivity index (χ1n) is 34.6. The Morgan fingerprint density at radius 2 is 0.487 bits per heavy atom. The van der Waals surface area contributed by atoms with E-state index in [0.717, 1.165) is 109 Å². The molecule has 0 saturated heterocycles. The fraction of sp³-hybridized carbons (Fsp3) is 0.770. The minimum Gasteiger partial charge on any atom is -0.462 e. The molecule has 0 aliphatic carbocycles. The molecule has 0 heterocycles. The van der Waals surface area contributed by atoms with Gasteiger partial charge in [0.1, 0.15) is 13.2 Å². The van der Waals surface area contributed by atoms with Crippen LogP contribution in [-0.2, 0) is 28.6 Å². The molecule has 0 spiro atoms. The SMILES string of the molecule is CC/C=C\C/C=C\C/C=C\C/C=C\C/C=C\C/C=C\C/C=C\CCCCCCCCCCCC(=O)OCC(COC(=O)CCCCCCCCC)OC(=O)CCCCCCCCCCCCCCCCCCCCCCCCCC. The minimum atomic E-state index is -0.775. The zero-order valence-electron chi connectivity index (χ0n) is 53.1. The maximum atomic E-state index is 12.9. The molecule has 6 heteroatoms. The molecule has 0 aromatic carbocycles. The number of hydrogen-bond donors (Lipinski definition) is 0. The summed E-state index contributed by atoms with van der Waals surface area (Å²) in [5.41, 5.74) is 0. The van der Waals surface area contributed by atoms with Crippen LogP contribution in [0.5, 0.6) is 0 Å². The van der Waals surface area contributed by atoms with E-state index in [4.69, 9.17) is 14.2 Å². The predicted octanol–water partition coefficient (Wildman–Crippen LogP) is 23.8. The van der Waals surface area contributed by atoms with E-state index in [2.05, 4.69) is 106 Å². The highest BCUT2D eigenvalue weighted by Gasteiger charge is 2.19. The highest BCUT2D eigenvalue weighted by Crippen LogP contribution is 2.18. The summed E-state index contributed by atoms with van der Waals surface area (Å²) in [5.74, 6) is -0.870. The van der Waals surface area contributed by atoms with Crippen LogP contribution >= 0.6 is 0 Å². The topological polar surface area (TPSA) is 78.9 Å². The molecule has 0 amide bonds. The highest BCUT2D eigenvalue weighted by molar-refractivity contribution is 5.71. The number of hydrogen-bond acceptors (Lipinski definition) is 6. The van der Waals surface area contributed by atoms with Crippen molar-refractivity contribution in [1.29, 1.82) is 0 Å². The van der Waals surface area contributed by atoms with Crippen molar-refractivity contribution in [2.45, 2.75) is 354 Å². The van der Waals surface area contributed by atoms with Gasteiger partial charge in [0.25, 0.3) is 0 Å². The lowest BCUT2D eigenvalue weighted by Gasteiger charge is -2.18. The van der Waals surface area contributed by atoms with Gasteiger partial charge in [0.05, 0.1) is 0 Å². The Hall–Kier alpha value is -3.41. The molecular weight excluding hydrogens is 985 g/mol. The van der Waals surface area contributed by atoms with Crippen LogP contribution in [0, 0.1) is 0 Å². The van der Waals surface area contributed by atoms with E-state index in [9.17, 15) is 14.4 Å². The van der Waals surface area contributed by atoms with Crippen molar-refractivity contribution >= 4 is 17.9 Å². The van der Waals surface area contributed by atoms with Crippen LogP contribution in [-0.4, -0.2) is 37.2 Å². The molecule has 0 radical (unpaired) electrons. The Balaban J connectivity index is 4.09. The number of unbranched alkanes of at least 4 members (excludes halogenated alkanes) is 38. The Morgan fingerprint density at radius 3 is 0.762 bits per heavy atom. The molecular formula is C74H130O6. The fourth-order valence-electron chi connectivity index (χ4n) is 10.0. The van der Waals surface area contributed by atoms with Crippen LogP contribution in [0.2, 0.25) is 0 Å². The molecule has 0 aliphatic heterocycles. The molecule has 0 aliphatic rings. The van der Waals surface area contributed by atoms with E-state index < -0.39 is 6.10 Å². The summed E-state index contributed by atoms with van der Waals surface area (Å²) in [6.45, 7) is 6.53. The lowest BCUT2D eigenvalue weighted by molar-refractivity contribution is -0.167. The average Bonchev–Trinajstić information content (AvgIpc) is 3.46. The normalized spacial score (nSPS) is 12.6. The first-order valence-corrected chi connectivity index (χ1v) is 34.6. The number of rotatable bonds is 63. The molecule has 1 atom stereocenters. The summed E-state index contributed by atoms with van der Waals surface area (Å²) >= 11 is 0. The average molecular weight is 1120 g/mol. The largest absolute Gasteiger partial charge is 0.462 e. The Kier molecular flexibility index (Phi) is 65.2. The van der Waals surface area contributed by atoms with E-state index in [-0.39, 0.29) is 31.1 Å². The second kappa shape index (κ2) is 68.1. The van der Waals surface area contributed by atoms with Crippen LogP contribution in [0.25, 0.3) is 0 Å². The second-order valence-electron chi connectivity index (χ2n) is 23.1. The third kappa shape index (κ3) is 65.4. The van der Waals surface area contributed by atoms with Crippen molar-refractivity contribution in [2.24, 2.45) is 0 Å². The molecule has 0 bridgehead atoms. The fourth-order valence-corrected chi connectivity index (χ4v) is 10.0. The molecule has 0 saturated carbocycles. The van der Waals surface area contributed by atoms with Crippen molar-refractivity contribution in [1.82, 2.24) is 0 Å². The standard InChI is InChI=1S/C74H130O6/c1-4-7-10-13-16-18-20-22-24-26-28-30-32-34-35-36-37-38-39-40-42-43-45-47-49-51-53-55-58-61-64-67-73(76)79-70-71(69-78-72(75)66-63-60-57-15-12-9-6-3)80-74(77)68-65-62-59-56-54-52-50-48-46-44-41-33-31-29-27-25-23-21-19-17-14-11-8-5-2/h7,10,16,18,22,24,28,30,34-35,37-38,40,42,71H,4-6,8-9,11-15,17,19-21,23,25-27,29,31-33,36,39,41,43-70H2,1-3H3/b10-7-,18-16-,24-22-,30-28-,35-34-,38-37-,42-40-. The van der Waals surface area contributed by atoms with E-state index in [1.807, 2.05) is 0 Å². The molecule has 0 aromatic heterocycles.